The molecule has 1 aliphatic carbocycles. The van der Waals surface area contributed by atoms with E-state index in [2.05, 4.69) is 61.9 Å². The molecule has 0 saturated heterocycles. The number of hydrogen-bond acceptors (Lipinski definition) is 2. The Kier molecular flexibility index (Phi) is 4.12. The molecular weight excluding hydrogens is 300 g/mol. The number of rotatable bonds is 3. The molecule has 1 heterocycles. The highest BCUT2D eigenvalue weighted by atomic mass is 28.4. The van der Waals surface area contributed by atoms with E-state index in [9.17, 15) is 5.26 Å². The molecule has 0 radical (unpaired) electrons. The lowest BCUT2D eigenvalue weighted by Gasteiger charge is -2.40. The van der Waals surface area contributed by atoms with Crippen LogP contribution in [0.2, 0.25) is 19.6 Å². The van der Waals surface area contributed by atoms with Crippen LogP contribution in [0.1, 0.15) is 42.9 Å². The summed E-state index contributed by atoms with van der Waals surface area (Å²) in [5.41, 5.74) is 3.22. The van der Waals surface area contributed by atoms with Gasteiger partial charge in [0.05, 0.1) is 6.07 Å². The topological polar surface area (TPSA) is 48.8 Å². The van der Waals surface area contributed by atoms with Gasteiger partial charge in [0, 0.05) is 16.6 Å². The molecule has 2 aromatic rings. The lowest BCUT2D eigenvalue weighted by molar-refractivity contribution is 0.0681. The molecule has 2 unspecified atom stereocenters. The SMILES string of the molecule is Cc1[nH]c2ccccc2c1C1CCCC(C#N)(O[Si](C)(C)C)C1. The molecule has 3 rings (SSSR count). The first-order valence-electron chi connectivity index (χ1n) is 8.52. The minimum atomic E-state index is -1.75. The van der Waals surface area contributed by atoms with E-state index >= 15 is 0 Å². The van der Waals surface area contributed by atoms with Crippen LogP contribution in [0, 0.1) is 18.3 Å². The largest absolute Gasteiger partial charge is 0.400 e. The van der Waals surface area contributed by atoms with Gasteiger partial charge in [-0.15, -0.1) is 0 Å². The molecule has 1 aliphatic rings. The molecule has 1 fully saturated rings. The molecule has 1 aromatic heterocycles. The van der Waals surface area contributed by atoms with Crippen LogP contribution in [0.5, 0.6) is 0 Å². The molecule has 122 valence electrons. The number of benzene rings is 1. The zero-order chi connectivity index (χ0) is 16.7. The first kappa shape index (κ1) is 16.3. The average Bonchev–Trinajstić information content (AvgIpc) is 2.81. The van der Waals surface area contributed by atoms with Gasteiger partial charge in [0.25, 0.3) is 0 Å². The van der Waals surface area contributed by atoms with Crippen molar-refractivity contribution in [2.45, 2.75) is 63.8 Å². The van der Waals surface area contributed by atoms with Crippen molar-refractivity contribution in [1.82, 2.24) is 4.98 Å². The van der Waals surface area contributed by atoms with Gasteiger partial charge in [-0.3, -0.25) is 0 Å². The fraction of sp³-hybridized carbons (Fsp3) is 0.526. The minimum Gasteiger partial charge on any atom is -0.400 e. The quantitative estimate of drug-likeness (QED) is 0.783. The number of hydrogen-bond donors (Lipinski definition) is 1. The third-order valence-electron chi connectivity index (χ3n) is 4.77. The molecule has 23 heavy (non-hydrogen) atoms. The second-order valence-corrected chi connectivity index (χ2v) is 12.3. The van der Waals surface area contributed by atoms with E-state index in [-0.39, 0.29) is 0 Å². The molecule has 0 bridgehead atoms. The van der Waals surface area contributed by atoms with E-state index in [1.165, 1.54) is 22.2 Å². The van der Waals surface area contributed by atoms with Gasteiger partial charge in [0.1, 0.15) is 5.60 Å². The number of fused-ring (bicyclic) bond motifs is 1. The number of aromatic nitrogens is 1. The van der Waals surface area contributed by atoms with E-state index in [0.29, 0.717) is 5.92 Å². The number of nitriles is 1. The zero-order valence-electron chi connectivity index (χ0n) is 14.6. The van der Waals surface area contributed by atoms with Crippen molar-refractivity contribution >= 4 is 19.2 Å². The summed E-state index contributed by atoms with van der Waals surface area (Å²) >= 11 is 0. The molecule has 1 saturated carbocycles. The Morgan fingerprint density at radius 2 is 2.04 bits per heavy atom. The first-order chi connectivity index (χ1) is 10.8. The summed E-state index contributed by atoms with van der Waals surface area (Å²) in [4.78, 5) is 3.50. The van der Waals surface area contributed by atoms with Gasteiger partial charge < -0.3 is 9.41 Å². The van der Waals surface area contributed by atoms with Crippen LogP contribution in [0.25, 0.3) is 10.9 Å². The standard InChI is InChI=1S/C19H26N2OSi/c1-14-18(16-9-5-6-10-17(16)21-14)15-8-7-11-19(12-15,13-20)22-23(2,3)4/h5-6,9-10,15,21H,7-8,11-12H2,1-4H3. The lowest BCUT2D eigenvalue weighted by Crippen LogP contribution is -2.44. The fourth-order valence-corrected chi connectivity index (χ4v) is 5.51. The van der Waals surface area contributed by atoms with Crippen LogP contribution in [-0.2, 0) is 4.43 Å². The van der Waals surface area contributed by atoms with Crippen LogP contribution in [0.3, 0.4) is 0 Å². The van der Waals surface area contributed by atoms with Crippen molar-refractivity contribution in [2.75, 3.05) is 0 Å². The van der Waals surface area contributed by atoms with Crippen molar-refractivity contribution in [1.29, 1.82) is 5.26 Å². The molecule has 0 aliphatic heterocycles. The van der Waals surface area contributed by atoms with E-state index in [4.69, 9.17) is 4.43 Å². The Balaban J connectivity index is 1.97. The van der Waals surface area contributed by atoms with Crippen molar-refractivity contribution in [2.24, 2.45) is 0 Å². The molecule has 1 aromatic carbocycles. The Morgan fingerprint density at radius 1 is 1.30 bits per heavy atom. The normalized spacial score (nSPS) is 25.4. The predicted octanol–water partition coefficient (Wildman–Crippen LogP) is 5.25. The number of aryl methyl sites for hydroxylation is 1. The maximum absolute atomic E-state index is 9.84. The maximum Gasteiger partial charge on any atom is 0.185 e. The number of aromatic amines is 1. The molecule has 3 nitrogen and oxygen atoms in total. The summed E-state index contributed by atoms with van der Waals surface area (Å²) in [7, 11) is -1.75. The average molecular weight is 327 g/mol. The maximum atomic E-state index is 9.84. The zero-order valence-corrected chi connectivity index (χ0v) is 15.6. The highest BCUT2D eigenvalue weighted by Crippen LogP contribution is 2.44. The highest BCUT2D eigenvalue weighted by Gasteiger charge is 2.42. The summed E-state index contributed by atoms with van der Waals surface area (Å²) in [6.07, 6.45) is 3.88. The Bertz CT molecular complexity index is 753. The van der Waals surface area contributed by atoms with E-state index in [0.717, 1.165) is 25.7 Å². The van der Waals surface area contributed by atoms with Gasteiger partial charge in [-0.25, -0.2) is 0 Å². The summed E-state index contributed by atoms with van der Waals surface area (Å²) in [6, 6.07) is 11.0. The van der Waals surface area contributed by atoms with Crippen molar-refractivity contribution in [3.05, 3.63) is 35.5 Å². The Hall–Kier alpha value is -1.57. The van der Waals surface area contributed by atoms with Crippen molar-refractivity contribution < 1.29 is 4.43 Å². The van der Waals surface area contributed by atoms with Crippen LogP contribution >= 0.6 is 0 Å². The molecular formula is C19H26N2OSi. The Labute approximate surface area is 139 Å². The molecule has 2 atom stereocenters. The molecule has 0 spiro atoms. The van der Waals surface area contributed by atoms with Crippen LogP contribution in [-0.4, -0.2) is 18.9 Å². The van der Waals surface area contributed by atoms with Crippen molar-refractivity contribution in [3.63, 3.8) is 0 Å². The van der Waals surface area contributed by atoms with Gasteiger partial charge in [-0.1, -0.05) is 18.2 Å². The lowest BCUT2D eigenvalue weighted by atomic mass is 9.75. The third-order valence-corrected chi connectivity index (χ3v) is 5.77. The smallest absolute Gasteiger partial charge is 0.185 e. The number of nitrogens with one attached hydrogen (secondary N) is 1. The van der Waals surface area contributed by atoms with Gasteiger partial charge in [-0.2, -0.15) is 5.26 Å². The highest BCUT2D eigenvalue weighted by molar-refractivity contribution is 6.69. The molecule has 1 N–H and O–H groups in total. The van der Waals surface area contributed by atoms with Gasteiger partial charge >= 0.3 is 0 Å². The van der Waals surface area contributed by atoms with E-state index < -0.39 is 13.9 Å². The second-order valence-electron chi connectivity index (χ2n) is 7.82. The van der Waals surface area contributed by atoms with Gasteiger partial charge in [0.2, 0.25) is 0 Å². The summed E-state index contributed by atoms with van der Waals surface area (Å²) in [5.74, 6) is 0.399. The minimum absolute atomic E-state index is 0.399. The number of nitrogens with zero attached hydrogens (tertiary/aromatic N) is 1. The Morgan fingerprint density at radius 3 is 2.74 bits per heavy atom. The van der Waals surface area contributed by atoms with Crippen LogP contribution < -0.4 is 0 Å². The molecule has 0 amide bonds. The van der Waals surface area contributed by atoms with Gasteiger partial charge in [0.15, 0.2) is 8.32 Å². The number of H-pyrrole nitrogens is 1. The van der Waals surface area contributed by atoms with Crippen LogP contribution in [0.4, 0.5) is 0 Å². The fourth-order valence-electron chi connectivity index (χ4n) is 4.11. The second kappa shape index (κ2) is 5.81. The summed E-state index contributed by atoms with van der Waals surface area (Å²) in [5, 5.41) is 11.1. The third kappa shape index (κ3) is 3.22. The predicted molar refractivity (Wildman–Crippen MR) is 97.0 cm³/mol. The van der Waals surface area contributed by atoms with E-state index in [1.807, 2.05) is 0 Å². The summed E-state index contributed by atoms with van der Waals surface area (Å²) in [6.45, 7) is 8.67. The number of para-hydroxylation sites is 1. The van der Waals surface area contributed by atoms with E-state index in [1.54, 1.807) is 0 Å². The van der Waals surface area contributed by atoms with Gasteiger partial charge in [-0.05, 0) is 69.8 Å². The monoisotopic (exact) mass is 326 g/mol. The van der Waals surface area contributed by atoms with Crippen LogP contribution in [0.15, 0.2) is 24.3 Å². The summed E-state index contributed by atoms with van der Waals surface area (Å²) < 4.78 is 6.36. The first-order valence-corrected chi connectivity index (χ1v) is 11.9. The van der Waals surface area contributed by atoms with Crippen molar-refractivity contribution in [3.8, 4) is 6.07 Å². The molecule has 4 heteroatoms.